The second kappa shape index (κ2) is 11.5. The van der Waals surface area contributed by atoms with Crippen molar-refractivity contribution >= 4 is 17.8 Å². The molecule has 3 rings (SSSR count). The van der Waals surface area contributed by atoms with Crippen molar-refractivity contribution in [3.8, 4) is 17.2 Å². The number of rotatable bonds is 10. The molecule has 0 radical (unpaired) electrons. The normalized spacial score (nSPS) is 10.7. The van der Waals surface area contributed by atoms with Crippen LogP contribution in [0.4, 0.5) is 0 Å². The van der Waals surface area contributed by atoms with Crippen LogP contribution in [0.3, 0.4) is 0 Å². The van der Waals surface area contributed by atoms with Gasteiger partial charge in [0.25, 0.3) is 0 Å². The zero-order valence-electron chi connectivity index (χ0n) is 19.2. The molecule has 0 aliphatic carbocycles. The van der Waals surface area contributed by atoms with Gasteiger partial charge in [-0.15, -0.1) is 0 Å². The van der Waals surface area contributed by atoms with E-state index in [2.05, 4.69) is 10.3 Å². The molecular formula is C26H26N2O6. The molecule has 0 spiro atoms. The first kappa shape index (κ1) is 24.3. The van der Waals surface area contributed by atoms with Crippen molar-refractivity contribution in [3.05, 3.63) is 93.4 Å². The van der Waals surface area contributed by atoms with Crippen LogP contribution in [0.2, 0.25) is 0 Å². The topological polar surface area (TPSA) is 107 Å². The van der Waals surface area contributed by atoms with Crippen molar-refractivity contribution in [2.75, 3.05) is 21.3 Å². The fourth-order valence-electron chi connectivity index (χ4n) is 3.29. The summed E-state index contributed by atoms with van der Waals surface area (Å²) < 4.78 is 15.9. The van der Waals surface area contributed by atoms with E-state index in [4.69, 9.17) is 14.2 Å². The van der Waals surface area contributed by atoms with Gasteiger partial charge in [-0.25, -0.2) is 0 Å². The lowest BCUT2D eigenvalue weighted by Crippen LogP contribution is -2.20. The summed E-state index contributed by atoms with van der Waals surface area (Å²) in [5, 5.41) is 2.80. The first-order chi connectivity index (χ1) is 16.4. The average molecular weight is 463 g/mol. The lowest BCUT2D eigenvalue weighted by atomic mass is 10.0. The first-order valence-electron chi connectivity index (χ1n) is 10.5. The Balaban J connectivity index is 1.58. The summed E-state index contributed by atoms with van der Waals surface area (Å²) in [5.74, 6) is 1.03. The molecule has 34 heavy (non-hydrogen) atoms. The second-order valence-electron chi connectivity index (χ2n) is 7.34. The third-order valence-electron chi connectivity index (χ3n) is 5.11. The first-order valence-corrected chi connectivity index (χ1v) is 10.5. The highest BCUT2D eigenvalue weighted by molar-refractivity contribution is 5.97. The van der Waals surface area contributed by atoms with E-state index in [1.165, 1.54) is 45.9 Å². The molecule has 0 unspecified atom stereocenters. The summed E-state index contributed by atoms with van der Waals surface area (Å²) in [5.41, 5.74) is 2.29. The minimum absolute atomic E-state index is 0.0258. The molecule has 0 atom stereocenters. The lowest BCUT2D eigenvalue weighted by molar-refractivity contribution is -0.116. The van der Waals surface area contributed by atoms with E-state index in [1.807, 2.05) is 0 Å². The fraction of sp³-hybridized carbons (Fsp3) is 0.192. The van der Waals surface area contributed by atoms with E-state index in [9.17, 15) is 14.4 Å². The summed E-state index contributed by atoms with van der Waals surface area (Å²) in [6, 6.07) is 11.8. The largest absolute Gasteiger partial charge is 0.493 e. The molecule has 1 aromatic heterocycles. The monoisotopic (exact) mass is 462 g/mol. The van der Waals surface area contributed by atoms with Crippen molar-refractivity contribution in [2.24, 2.45) is 0 Å². The van der Waals surface area contributed by atoms with Gasteiger partial charge in [0.05, 0.1) is 21.3 Å². The number of hydrogen-bond acceptors (Lipinski definition) is 6. The van der Waals surface area contributed by atoms with Gasteiger partial charge < -0.3 is 24.5 Å². The number of amides is 1. The summed E-state index contributed by atoms with van der Waals surface area (Å²) in [4.78, 5) is 39.3. The summed E-state index contributed by atoms with van der Waals surface area (Å²) in [6.45, 7) is 0.297. The highest BCUT2D eigenvalue weighted by atomic mass is 16.5. The standard InChI is InChI=1S/C26H26N2O6/c1-32-23-12-18(13-24(33-2)26(23)34-3)6-9-25(31)28-15-17-4-7-19(8-5-17)22(30)14-20-16-27-11-10-21(20)29/h4-13,16H,14-15H2,1-3H3,(H,27,29)(H,28,31)/b9-6+. The molecule has 2 aromatic carbocycles. The van der Waals surface area contributed by atoms with Crippen LogP contribution < -0.4 is 25.0 Å². The van der Waals surface area contributed by atoms with Gasteiger partial charge in [-0.1, -0.05) is 24.3 Å². The Kier molecular flexibility index (Phi) is 8.23. The van der Waals surface area contributed by atoms with Gasteiger partial charge in [-0.05, 0) is 29.3 Å². The quantitative estimate of drug-likeness (QED) is 0.354. The Morgan fingerprint density at radius 2 is 1.65 bits per heavy atom. The van der Waals surface area contributed by atoms with E-state index >= 15 is 0 Å². The number of H-pyrrole nitrogens is 1. The third-order valence-corrected chi connectivity index (χ3v) is 5.11. The molecule has 0 fully saturated rings. The zero-order valence-corrected chi connectivity index (χ0v) is 19.2. The fourth-order valence-corrected chi connectivity index (χ4v) is 3.29. The molecule has 2 N–H and O–H groups in total. The van der Waals surface area contributed by atoms with E-state index in [0.29, 0.717) is 40.5 Å². The Bertz CT molecular complexity index is 1220. The van der Waals surface area contributed by atoms with Crippen LogP contribution >= 0.6 is 0 Å². The van der Waals surface area contributed by atoms with Crippen molar-refractivity contribution < 1.29 is 23.8 Å². The van der Waals surface area contributed by atoms with Crippen LogP contribution in [0.25, 0.3) is 6.08 Å². The number of aromatic amines is 1. The Morgan fingerprint density at radius 3 is 2.24 bits per heavy atom. The molecule has 3 aromatic rings. The van der Waals surface area contributed by atoms with Crippen molar-refractivity contribution in [1.82, 2.24) is 10.3 Å². The predicted octanol–water partition coefficient (Wildman–Crippen LogP) is 3.16. The average Bonchev–Trinajstić information content (AvgIpc) is 2.87. The molecule has 0 saturated carbocycles. The molecule has 1 amide bonds. The van der Waals surface area contributed by atoms with Crippen LogP contribution in [0.1, 0.15) is 27.0 Å². The molecule has 0 aliphatic heterocycles. The number of ether oxygens (including phenoxy) is 3. The number of carbonyl (C=O) groups is 2. The van der Waals surface area contributed by atoms with Gasteiger partial charge in [-0.3, -0.25) is 14.4 Å². The summed E-state index contributed by atoms with van der Waals surface area (Å²) >= 11 is 0. The Labute approximate surface area is 197 Å². The van der Waals surface area contributed by atoms with Crippen molar-refractivity contribution in [2.45, 2.75) is 13.0 Å². The molecule has 0 aliphatic rings. The Morgan fingerprint density at radius 1 is 0.971 bits per heavy atom. The predicted molar refractivity (Wildman–Crippen MR) is 129 cm³/mol. The molecule has 1 heterocycles. The van der Waals surface area contributed by atoms with Gasteiger partial charge in [0, 0.05) is 48.6 Å². The number of ketones is 1. The lowest BCUT2D eigenvalue weighted by Gasteiger charge is -2.12. The number of methoxy groups -OCH3 is 3. The molecule has 8 nitrogen and oxygen atoms in total. The van der Waals surface area contributed by atoms with Crippen LogP contribution in [0.5, 0.6) is 17.2 Å². The van der Waals surface area contributed by atoms with Gasteiger partial charge in [-0.2, -0.15) is 0 Å². The summed E-state index contributed by atoms with van der Waals surface area (Å²) in [7, 11) is 4.57. The maximum atomic E-state index is 12.4. The Hall–Kier alpha value is -4.33. The molecule has 0 saturated heterocycles. The molecule has 0 bridgehead atoms. The second-order valence-corrected chi connectivity index (χ2v) is 7.34. The highest BCUT2D eigenvalue weighted by Crippen LogP contribution is 2.38. The number of benzene rings is 2. The zero-order chi connectivity index (χ0) is 24.5. The molecular weight excluding hydrogens is 436 g/mol. The molecule has 8 heteroatoms. The number of aromatic nitrogens is 1. The minimum atomic E-state index is -0.280. The van der Waals surface area contributed by atoms with E-state index in [-0.39, 0.29) is 23.5 Å². The number of nitrogens with one attached hydrogen (secondary N) is 2. The van der Waals surface area contributed by atoms with Crippen LogP contribution in [-0.4, -0.2) is 38.0 Å². The third kappa shape index (κ3) is 6.13. The number of Topliss-reactive ketones (excluding diaryl/α,β-unsaturated/α-hetero) is 1. The summed E-state index contributed by atoms with van der Waals surface area (Å²) in [6.07, 6.45) is 6.15. The van der Waals surface area contributed by atoms with Crippen molar-refractivity contribution in [3.63, 3.8) is 0 Å². The van der Waals surface area contributed by atoms with Crippen LogP contribution in [-0.2, 0) is 17.8 Å². The van der Waals surface area contributed by atoms with Crippen LogP contribution in [0, 0.1) is 0 Å². The van der Waals surface area contributed by atoms with E-state index in [1.54, 1.807) is 42.5 Å². The van der Waals surface area contributed by atoms with Gasteiger partial charge in [0.2, 0.25) is 11.7 Å². The highest BCUT2D eigenvalue weighted by Gasteiger charge is 2.12. The van der Waals surface area contributed by atoms with Crippen LogP contribution in [0.15, 0.2) is 65.7 Å². The number of hydrogen-bond donors (Lipinski definition) is 2. The van der Waals surface area contributed by atoms with Gasteiger partial charge >= 0.3 is 0 Å². The van der Waals surface area contributed by atoms with E-state index < -0.39 is 0 Å². The smallest absolute Gasteiger partial charge is 0.244 e. The SMILES string of the molecule is COc1cc(/C=C/C(=O)NCc2ccc(C(=O)Cc3c[nH]ccc3=O)cc2)cc(OC)c1OC. The number of pyridine rings is 1. The molecule has 176 valence electrons. The number of carbonyl (C=O) groups excluding carboxylic acids is 2. The van der Waals surface area contributed by atoms with Crippen molar-refractivity contribution in [1.29, 1.82) is 0 Å². The van der Waals surface area contributed by atoms with E-state index in [0.717, 1.165) is 5.56 Å². The van der Waals surface area contributed by atoms with Gasteiger partial charge in [0.1, 0.15) is 0 Å². The maximum absolute atomic E-state index is 12.4. The maximum Gasteiger partial charge on any atom is 0.244 e. The van der Waals surface area contributed by atoms with Gasteiger partial charge in [0.15, 0.2) is 22.7 Å². The minimum Gasteiger partial charge on any atom is -0.493 e.